The largest absolute Gasteiger partial charge is 0.494 e. The minimum atomic E-state index is 0.270. The average molecular weight is 237 g/mol. The van der Waals surface area contributed by atoms with Crippen LogP contribution in [0.1, 0.15) is 0 Å². The van der Waals surface area contributed by atoms with Gasteiger partial charge in [0.25, 0.3) is 0 Å². The monoisotopic (exact) mass is 236 g/mol. The maximum absolute atomic E-state index is 5.76. The molecule has 0 aromatic carbocycles. The van der Waals surface area contributed by atoms with Gasteiger partial charge in [0.15, 0.2) is 5.75 Å². The summed E-state index contributed by atoms with van der Waals surface area (Å²) in [5, 5.41) is 0.335. The molecular formula is C6H6BrClN2O. The lowest BCUT2D eigenvalue weighted by molar-refractivity contribution is 0.412. The Labute approximate surface area is 77.6 Å². The van der Waals surface area contributed by atoms with E-state index in [9.17, 15) is 0 Å². The molecule has 0 fully saturated rings. The van der Waals surface area contributed by atoms with Gasteiger partial charge in [-0.25, -0.2) is 4.98 Å². The summed E-state index contributed by atoms with van der Waals surface area (Å²) in [5.41, 5.74) is 5.42. The number of aromatic nitrogens is 1. The van der Waals surface area contributed by atoms with Gasteiger partial charge in [-0.1, -0.05) is 11.6 Å². The number of methoxy groups -OCH3 is 1. The van der Waals surface area contributed by atoms with E-state index in [1.807, 2.05) is 0 Å². The lowest BCUT2D eigenvalue weighted by Crippen LogP contribution is -1.94. The van der Waals surface area contributed by atoms with Crippen molar-refractivity contribution in [2.24, 2.45) is 0 Å². The molecule has 0 radical (unpaired) electrons. The Kier molecular flexibility index (Phi) is 2.57. The summed E-state index contributed by atoms with van der Waals surface area (Å²) in [6, 6.07) is 0. The number of nitrogens with two attached hydrogens (primary N) is 1. The highest BCUT2D eigenvalue weighted by atomic mass is 79.9. The Morgan fingerprint density at radius 1 is 1.73 bits per heavy atom. The third-order valence-electron chi connectivity index (χ3n) is 1.16. The maximum atomic E-state index is 5.76. The van der Waals surface area contributed by atoms with Crippen LogP contribution in [-0.4, -0.2) is 12.1 Å². The molecule has 1 aromatic heterocycles. The van der Waals surface area contributed by atoms with Crippen molar-refractivity contribution in [2.75, 3.05) is 12.8 Å². The van der Waals surface area contributed by atoms with Crippen molar-refractivity contribution in [3.05, 3.63) is 15.7 Å². The van der Waals surface area contributed by atoms with Crippen LogP contribution in [0, 0.1) is 0 Å². The third-order valence-corrected chi connectivity index (χ3v) is 2.09. The molecular weight excluding hydrogens is 231 g/mol. The minimum Gasteiger partial charge on any atom is -0.494 e. The van der Waals surface area contributed by atoms with Gasteiger partial charge < -0.3 is 10.5 Å². The molecule has 5 heteroatoms. The maximum Gasteiger partial charge on any atom is 0.156 e. The van der Waals surface area contributed by atoms with Crippen LogP contribution in [0.4, 0.5) is 5.82 Å². The number of rotatable bonds is 1. The second kappa shape index (κ2) is 3.28. The van der Waals surface area contributed by atoms with Gasteiger partial charge in [-0.05, 0) is 15.9 Å². The smallest absolute Gasteiger partial charge is 0.156 e. The van der Waals surface area contributed by atoms with E-state index in [1.54, 1.807) is 6.20 Å². The zero-order chi connectivity index (χ0) is 8.43. The number of halogens is 2. The molecule has 1 heterocycles. The Morgan fingerprint density at radius 3 is 2.82 bits per heavy atom. The number of pyridine rings is 1. The van der Waals surface area contributed by atoms with E-state index in [0.717, 1.165) is 0 Å². The molecule has 0 aliphatic rings. The molecule has 1 aromatic rings. The molecule has 0 saturated carbocycles. The highest BCUT2D eigenvalue weighted by molar-refractivity contribution is 9.10. The number of nitrogens with zero attached hydrogens (tertiary/aromatic N) is 1. The first-order chi connectivity index (χ1) is 5.16. The average Bonchev–Trinajstić information content (AvgIpc) is 1.99. The first-order valence-electron chi connectivity index (χ1n) is 2.80. The topological polar surface area (TPSA) is 48.1 Å². The van der Waals surface area contributed by atoms with Gasteiger partial charge in [0.2, 0.25) is 0 Å². The molecule has 60 valence electrons. The first kappa shape index (κ1) is 8.62. The molecule has 0 atom stereocenters. The van der Waals surface area contributed by atoms with Crippen molar-refractivity contribution in [1.82, 2.24) is 4.98 Å². The van der Waals surface area contributed by atoms with Gasteiger partial charge in [-0.2, -0.15) is 0 Å². The lowest BCUT2D eigenvalue weighted by atomic mass is 10.4. The van der Waals surface area contributed by atoms with Crippen LogP contribution < -0.4 is 10.5 Å². The minimum absolute atomic E-state index is 0.270. The summed E-state index contributed by atoms with van der Waals surface area (Å²) in [6.45, 7) is 0. The zero-order valence-electron chi connectivity index (χ0n) is 5.77. The van der Waals surface area contributed by atoms with Crippen LogP contribution in [0.5, 0.6) is 5.75 Å². The van der Waals surface area contributed by atoms with Crippen molar-refractivity contribution >= 4 is 33.3 Å². The summed E-state index contributed by atoms with van der Waals surface area (Å²) < 4.78 is 5.65. The molecule has 0 spiro atoms. The molecule has 0 saturated heterocycles. The quantitative estimate of drug-likeness (QED) is 0.813. The Bertz CT molecular complexity index is 280. The molecule has 0 bridgehead atoms. The second-order valence-corrected chi connectivity index (χ2v) is 3.07. The Hall–Kier alpha value is -0.480. The number of hydrogen-bond acceptors (Lipinski definition) is 3. The van der Waals surface area contributed by atoms with Crippen LogP contribution in [0.25, 0.3) is 0 Å². The van der Waals surface area contributed by atoms with Crippen LogP contribution in [0.15, 0.2) is 10.7 Å². The number of nitrogen functional groups attached to an aromatic ring is 1. The van der Waals surface area contributed by atoms with Gasteiger partial charge in [0.1, 0.15) is 10.8 Å². The summed E-state index contributed by atoms with van der Waals surface area (Å²) >= 11 is 8.97. The highest BCUT2D eigenvalue weighted by Crippen LogP contribution is 2.34. The van der Waals surface area contributed by atoms with E-state index in [4.69, 9.17) is 22.1 Å². The molecule has 3 nitrogen and oxygen atoms in total. The standard InChI is InChI=1S/C6H6BrClN2O/c1-11-5-3(7)2-10-6(9)4(5)8/h2H,1H3,(H2,9,10). The fraction of sp³-hybridized carbons (Fsp3) is 0.167. The van der Waals surface area contributed by atoms with Crippen molar-refractivity contribution in [3.63, 3.8) is 0 Å². The van der Waals surface area contributed by atoms with Crippen LogP contribution >= 0.6 is 27.5 Å². The van der Waals surface area contributed by atoms with Gasteiger partial charge in [0.05, 0.1) is 11.6 Å². The zero-order valence-corrected chi connectivity index (χ0v) is 8.11. The van der Waals surface area contributed by atoms with Gasteiger partial charge >= 0.3 is 0 Å². The Morgan fingerprint density at radius 2 is 2.36 bits per heavy atom. The van der Waals surface area contributed by atoms with E-state index in [1.165, 1.54) is 7.11 Å². The van der Waals surface area contributed by atoms with Crippen LogP contribution in [0.2, 0.25) is 5.02 Å². The molecule has 11 heavy (non-hydrogen) atoms. The van der Waals surface area contributed by atoms with E-state index in [-0.39, 0.29) is 5.82 Å². The molecule has 2 N–H and O–H groups in total. The summed E-state index contributed by atoms with van der Waals surface area (Å²) in [5.74, 6) is 0.783. The van der Waals surface area contributed by atoms with Crippen LogP contribution in [0.3, 0.4) is 0 Å². The Balaban J connectivity index is 3.29. The van der Waals surface area contributed by atoms with Gasteiger partial charge in [-0.3, -0.25) is 0 Å². The van der Waals surface area contributed by atoms with Crippen molar-refractivity contribution in [3.8, 4) is 5.75 Å². The fourth-order valence-electron chi connectivity index (χ4n) is 0.650. The van der Waals surface area contributed by atoms with E-state index < -0.39 is 0 Å². The highest BCUT2D eigenvalue weighted by Gasteiger charge is 2.08. The van der Waals surface area contributed by atoms with E-state index >= 15 is 0 Å². The summed E-state index contributed by atoms with van der Waals surface area (Å²) in [6.07, 6.45) is 1.54. The van der Waals surface area contributed by atoms with Crippen molar-refractivity contribution in [2.45, 2.75) is 0 Å². The fourth-order valence-corrected chi connectivity index (χ4v) is 1.45. The predicted molar refractivity (Wildman–Crippen MR) is 47.9 cm³/mol. The van der Waals surface area contributed by atoms with Gasteiger partial charge in [0, 0.05) is 6.20 Å². The molecule has 1 rings (SSSR count). The van der Waals surface area contributed by atoms with Crippen molar-refractivity contribution < 1.29 is 4.74 Å². The van der Waals surface area contributed by atoms with Crippen LogP contribution in [-0.2, 0) is 0 Å². The molecule has 0 aliphatic carbocycles. The molecule has 0 amide bonds. The normalized spacial score (nSPS) is 9.73. The lowest BCUT2D eigenvalue weighted by Gasteiger charge is -2.05. The second-order valence-electron chi connectivity index (χ2n) is 1.84. The van der Waals surface area contributed by atoms with E-state index in [0.29, 0.717) is 15.2 Å². The van der Waals surface area contributed by atoms with E-state index in [2.05, 4.69) is 20.9 Å². The third kappa shape index (κ3) is 1.57. The molecule has 0 aliphatic heterocycles. The predicted octanol–water partition coefficient (Wildman–Crippen LogP) is 2.09. The number of ether oxygens (including phenoxy) is 1. The SMILES string of the molecule is COc1c(Br)cnc(N)c1Cl. The van der Waals surface area contributed by atoms with Crippen molar-refractivity contribution in [1.29, 1.82) is 0 Å². The van der Waals surface area contributed by atoms with Gasteiger partial charge in [-0.15, -0.1) is 0 Å². The summed E-state index contributed by atoms with van der Waals surface area (Å²) in [7, 11) is 1.52. The first-order valence-corrected chi connectivity index (χ1v) is 3.97. The molecule has 0 unspecified atom stereocenters. The number of anilines is 1. The summed E-state index contributed by atoms with van der Waals surface area (Å²) in [4.78, 5) is 3.81. The number of hydrogen-bond donors (Lipinski definition) is 1.